The van der Waals surface area contributed by atoms with E-state index in [0.29, 0.717) is 0 Å². The highest BCUT2D eigenvalue weighted by Crippen LogP contribution is 2.08. The largest absolute Gasteiger partial charge is 0.288 e. The quantitative estimate of drug-likeness (QED) is 0.358. The van der Waals surface area contributed by atoms with Crippen LogP contribution in [0.3, 0.4) is 0 Å². The molecule has 0 aromatic heterocycles. The standard InChI is InChI=1S/C12H8N6O2/c13-17-15-11(19)7-5-9-1-2-10(4-3-9)6-8-12(20)16-18-14/h1-8H. The fourth-order valence-corrected chi connectivity index (χ4v) is 1.21. The van der Waals surface area contributed by atoms with E-state index in [2.05, 4.69) is 20.1 Å². The molecule has 0 radical (unpaired) electrons. The second-order valence-corrected chi connectivity index (χ2v) is 3.39. The van der Waals surface area contributed by atoms with Crippen molar-refractivity contribution in [3.8, 4) is 0 Å². The molecule has 20 heavy (non-hydrogen) atoms. The van der Waals surface area contributed by atoms with Gasteiger partial charge >= 0.3 is 0 Å². The number of nitrogens with zero attached hydrogens (tertiary/aromatic N) is 6. The molecule has 0 bridgehead atoms. The van der Waals surface area contributed by atoms with E-state index in [0.717, 1.165) is 23.3 Å². The Bertz CT molecular complexity index is 603. The highest BCUT2D eigenvalue weighted by molar-refractivity contribution is 5.93. The number of benzene rings is 1. The zero-order chi connectivity index (χ0) is 14.8. The minimum absolute atomic E-state index is 0.684. The second kappa shape index (κ2) is 7.88. The van der Waals surface area contributed by atoms with E-state index in [-0.39, 0.29) is 0 Å². The lowest BCUT2D eigenvalue weighted by Gasteiger charge is -1.95. The summed E-state index contributed by atoms with van der Waals surface area (Å²) in [6, 6.07) is 6.82. The van der Waals surface area contributed by atoms with Gasteiger partial charge in [0.05, 0.1) is 0 Å². The van der Waals surface area contributed by atoms with E-state index in [9.17, 15) is 9.59 Å². The predicted molar refractivity (Wildman–Crippen MR) is 72.8 cm³/mol. The fourth-order valence-electron chi connectivity index (χ4n) is 1.21. The molecule has 1 rings (SSSR count). The molecule has 0 fully saturated rings. The molecular weight excluding hydrogens is 260 g/mol. The summed E-state index contributed by atoms with van der Waals surface area (Å²) in [6.07, 6.45) is 5.29. The van der Waals surface area contributed by atoms with Crippen molar-refractivity contribution in [3.63, 3.8) is 0 Å². The first-order valence-corrected chi connectivity index (χ1v) is 5.30. The van der Waals surface area contributed by atoms with Gasteiger partial charge in [0.15, 0.2) is 0 Å². The maximum atomic E-state index is 10.9. The zero-order valence-corrected chi connectivity index (χ0v) is 10.1. The van der Waals surface area contributed by atoms with E-state index in [1.54, 1.807) is 24.3 Å². The predicted octanol–water partition coefficient (Wildman–Crippen LogP) is 3.39. The number of azide groups is 2. The molecule has 0 N–H and O–H groups in total. The van der Waals surface area contributed by atoms with Crippen LogP contribution in [-0.4, -0.2) is 11.8 Å². The Kier molecular flexibility index (Phi) is 5.80. The molecule has 1 aromatic carbocycles. The Morgan fingerprint density at radius 1 is 0.850 bits per heavy atom. The van der Waals surface area contributed by atoms with Gasteiger partial charge in [-0.3, -0.25) is 9.59 Å². The maximum Gasteiger partial charge on any atom is 0.242 e. The number of amides is 2. The van der Waals surface area contributed by atoms with E-state index in [1.165, 1.54) is 12.2 Å². The molecule has 8 nitrogen and oxygen atoms in total. The van der Waals surface area contributed by atoms with Crippen LogP contribution < -0.4 is 0 Å². The lowest BCUT2D eigenvalue weighted by Crippen LogP contribution is -1.84. The van der Waals surface area contributed by atoms with Crippen LogP contribution >= 0.6 is 0 Å². The van der Waals surface area contributed by atoms with Crippen molar-refractivity contribution >= 4 is 24.0 Å². The highest BCUT2D eigenvalue weighted by Gasteiger charge is 1.93. The van der Waals surface area contributed by atoms with Crippen LogP contribution in [0, 0.1) is 0 Å². The third-order valence-electron chi connectivity index (χ3n) is 2.06. The molecule has 0 spiro atoms. The Morgan fingerprint density at radius 2 is 1.20 bits per heavy atom. The Balaban J connectivity index is 2.74. The van der Waals surface area contributed by atoms with E-state index < -0.39 is 11.8 Å². The number of hydrogen-bond donors (Lipinski definition) is 0. The van der Waals surface area contributed by atoms with Crippen LogP contribution in [0.15, 0.2) is 46.6 Å². The summed E-state index contributed by atoms with van der Waals surface area (Å²) in [5.41, 5.74) is 17.6. The lowest BCUT2D eigenvalue weighted by atomic mass is 10.1. The van der Waals surface area contributed by atoms with Crippen LogP contribution in [0.5, 0.6) is 0 Å². The average molecular weight is 268 g/mol. The third kappa shape index (κ3) is 5.33. The molecule has 1 aromatic rings. The van der Waals surface area contributed by atoms with Crippen molar-refractivity contribution in [2.45, 2.75) is 0 Å². The minimum atomic E-state index is -0.684. The zero-order valence-electron chi connectivity index (χ0n) is 10.1. The highest BCUT2D eigenvalue weighted by atomic mass is 16.2. The molecule has 2 amide bonds. The van der Waals surface area contributed by atoms with E-state index >= 15 is 0 Å². The fraction of sp³-hybridized carbons (Fsp3) is 0. The molecule has 0 saturated carbocycles. The van der Waals surface area contributed by atoms with Crippen molar-refractivity contribution in [1.29, 1.82) is 0 Å². The molecular formula is C12H8N6O2. The van der Waals surface area contributed by atoms with Crippen molar-refractivity contribution < 1.29 is 9.59 Å². The lowest BCUT2D eigenvalue weighted by molar-refractivity contribution is -0.114. The number of hydrogen-bond acceptors (Lipinski definition) is 2. The van der Waals surface area contributed by atoms with Crippen LogP contribution in [0.25, 0.3) is 33.0 Å². The molecule has 0 unspecified atom stereocenters. The summed E-state index contributed by atoms with van der Waals surface area (Å²) in [7, 11) is 0. The van der Waals surface area contributed by atoms with Crippen molar-refractivity contribution in [2.75, 3.05) is 0 Å². The van der Waals surface area contributed by atoms with Crippen LogP contribution in [0.4, 0.5) is 0 Å². The van der Waals surface area contributed by atoms with E-state index in [4.69, 9.17) is 11.1 Å². The van der Waals surface area contributed by atoms with Gasteiger partial charge in [-0.05, 0) is 44.6 Å². The molecule has 8 heteroatoms. The summed E-state index contributed by atoms with van der Waals surface area (Å²) in [4.78, 5) is 26.6. The molecule has 98 valence electrons. The molecule has 0 aliphatic carbocycles. The van der Waals surface area contributed by atoms with Crippen LogP contribution in [-0.2, 0) is 9.59 Å². The molecule has 0 atom stereocenters. The monoisotopic (exact) mass is 268 g/mol. The first-order valence-electron chi connectivity index (χ1n) is 5.30. The van der Waals surface area contributed by atoms with Gasteiger partial charge in [-0.25, -0.2) is 0 Å². The van der Waals surface area contributed by atoms with Gasteiger partial charge in [-0.15, -0.1) is 0 Å². The maximum absolute atomic E-state index is 10.9. The first kappa shape index (κ1) is 14.7. The molecule has 0 heterocycles. The summed E-state index contributed by atoms with van der Waals surface area (Å²) < 4.78 is 0. The Hall–Kier alpha value is -3.34. The summed E-state index contributed by atoms with van der Waals surface area (Å²) in [5.74, 6) is -1.37. The van der Waals surface area contributed by atoms with Crippen molar-refractivity contribution in [1.82, 2.24) is 0 Å². The second-order valence-electron chi connectivity index (χ2n) is 3.39. The minimum Gasteiger partial charge on any atom is -0.288 e. The molecule has 0 aliphatic rings. The number of carbonyl (C=O) groups excluding carboxylic acids is 2. The van der Waals surface area contributed by atoms with Crippen molar-refractivity contribution in [3.05, 3.63) is 68.4 Å². The van der Waals surface area contributed by atoms with Gasteiger partial charge < -0.3 is 0 Å². The Labute approximate surface area is 113 Å². The normalized spacial score (nSPS) is 10.0. The van der Waals surface area contributed by atoms with Crippen LogP contribution in [0.2, 0.25) is 0 Å². The van der Waals surface area contributed by atoms with Gasteiger partial charge in [0.2, 0.25) is 11.8 Å². The Morgan fingerprint density at radius 3 is 1.50 bits per heavy atom. The molecule has 0 aliphatic heterocycles. The van der Waals surface area contributed by atoms with Gasteiger partial charge in [-0.1, -0.05) is 36.4 Å². The summed E-state index contributed by atoms with van der Waals surface area (Å²) in [6.45, 7) is 0. The van der Waals surface area contributed by atoms with Gasteiger partial charge in [0.25, 0.3) is 0 Å². The average Bonchev–Trinajstić information content (AvgIpc) is 2.45. The summed E-state index contributed by atoms with van der Waals surface area (Å²) >= 11 is 0. The number of rotatable bonds is 4. The SMILES string of the molecule is [N-]=[N+]=NC(=O)C=Cc1ccc(C=CC(=O)N=[N+]=[N-])cc1. The van der Waals surface area contributed by atoms with Gasteiger partial charge in [0.1, 0.15) is 0 Å². The summed E-state index contributed by atoms with van der Waals surface area (Å²) in [5, 5.41) is 5.78. The third-order valence-corrected chi connectivity index (χ3v) is 2.06. The molecule has 0 saturated heterocycles. The van der Waals surface area contributed by atoms with E-state index in [1.807, 2.05) is 0 Å². The van der Waals surface area contributed by atoms with Gasteiger partial charge in [-0.2, -0.15) is 0 Å². The smallest absolute Gasteiger partial charge is 0.242 e. The number of carbonyl (C=O) groups is 2. The van der Waals surface area contributed by atoms with Crippen molar-refractivity contribution in [2.24, 2.45) is 10.2 Å². The van der Waals surface area contributed by atoms with Gasteiger partial charge in [0, 0.05) is 9.82 Å². The topological polar surface area (TPSA) is 132 Å². The first-order chi connectivity index (χ1) is 9.65. The van der Waals surface area contributed by atoms with Crippen LogP contribution in [0.1, 0.15) is 11.1 Å².